The first-order valence-corrected chi connectivity index (χ1v) is 6.25. The molecule has 0 aliphatic heterocycles. The number of H-pyrrole nitrogens is 1. The average molecular weight is 257 g/mol. The van der Waals surface area contributed by atoms with Gasteiger partial charge in [0.05, 0.1) is 13.2 Å². The molecule has 0 amide bonds. The summed E-state index contributed by atoms with van der Waals surface area (Å²) in [5.41, 5.74) is 9.89. The fourth-order valence-electron chi connectivity index (χ4n) is 1.97. The van der Waals surface area contributed by atoms with Crippen LogP contribution in [0.3, 0.4) is 0 Å². The van der Waals surface area contributed by atoms with E-state index in [1.54, 1.807) is 19.5 Å². The fourth-order valence-corrected chi connectivity index (χ4v) is 1.97. The van der Waals surface area contributed by atoms with Crippen molar-refractivity contribution >= 4 is 22.7 Å². The Morgan fingerprint density at radius 3 is 3.00 bits per heavy atom. The van der Waals surface area contributed by atoms with Crippen molar-refractivity contribution in [3.63, 3.8) is 0 Å². The number of benzene rings is 1. The second-order valence-corrected chi connectivity index (χ2v) is 4.37. The van der Waals surface area contributed by atoms with Crippen LogP contribution >= 0.6 is 0 Å². The third-order valence-electron chi connectivity index (χ3n) is 3.03. The predicted octanol–water partition coefficient (Wildman–Crippen LogP) is 2.49. The number of hydrogen-bond acceptors (Lipinski definition) is 3. The third kappa shape index (κ3) is 3.03. The molecular weight excluding hydrogens is 238 g/mol. The minimum atomic E-state index is 0.611. The summed E-state index contributed by atoms with van der Waals surface area (Å²) in [6.45, 7) is 3.34. The van der Waals surface area contributed by atoms with Gasteiger partial charge in [-0.25, -0.2) is 0 Å². The number of nitrogens with zero attached hydrogens (tertiary/aromatic N) is 1. The highest BCUT2D eigenvalue weighted by Crippen LogP contribution is 2.22. The monoisotopic (exact) mass is 257 g/mol. The van der Waals surface area contributed by atoms with E-state index in [0.717, 1.165) is 16.8 Å². The largest absolute Gasteiger partial charge is 0.404 e. The van der Waals surface area contributed by atoms with Crippen LogP contribution in [0.5, 0.6) is 0 Å². The molecule has 4 nitrogen and oxygen atoms in total. The molecule has 0 aliphatic carbocycles. The molecule has 0 spiro atoms. The minimum Gasteiger partial charge on any atom is -0.404 e. The number of aromatic amines is 1. The summed E-state index contributed by atoms with van der Waals surface area (Å²) in [6.07, 6.45) is 3.34. The molecule has 100 valence electrons. The topological polar surface area (TPSA) is 63.4 Å². The number of aryl methyl sites for hydroxylation is 1. The highest BCUT2D eigenvalue weighted by atomic mass is 16.5. The average Bonchev–Trinajstić information content (AvgIpc) is 2.84. The van der Waals surface area contributed by atoms with Crippen LogP contribution in [0.25, 0.3) is 16.5 Å². The maximum Gasteiger partial charge on any atom is 0.0658 e. The number of fused-ring (bicyclic) bond motifs is 1. The summed E-state index contributed by atoms with van der Waals surface area (Å²) in [5.74, 6) is 0. The molecule has 1 heterocycles. The molecule has 2 aromatic rings. The lowest BCUT2D eigenvalue weighted by Gasteiger charge is -1.97. The molecular formula is C15H19N3O. The smallest absolute Gasteiger partial charge is 0.0658 e. The molecule has 0 atom stereocenters. The second-order valence-electron chi connectivity index (χ2n) is 4.37. The van der Waals surface area contributed by atoms with Crippen molar-refractivity contribution in [1.29, 1.82) is 0 Å². The van der Waals surface area contributed by atoms with E-state index in [-0.39, 0.29) is 0 Å². The summed E-state index contributed by atoms with van der Waals surface area (Å²) < 4.78 is 4.95. The van der Waals surface area contributed by atoms with Crippen LogP contribution in [0.4, 0.5) is 0 Å². The Balaban J connectivity index is 2.27. The van der Waals surface area contributed by atoms with Crippen molar-refractivity contribution in [3.8, 4) is 0 Å². The summed E-state index contributed by atoms with van der Waals surface area (Å²) >= 11 is 0. The van der Waals surface area contributed by atoms with Crippen LogP contribution in [0.1, 0.15) is 11.3 Å². The van der Waals surface area contributed by atoms with Crippen LogP contribution in [0, 0.1) is 6.92 Å². The van der Waals surface area contributed by atoms with Gasteiger partial charge in [-0.3, -0.25) is 4.99 Å². The van der Waals surface area contributed by atoms with Crippen LogP contribution in [-0.2, 0) is 4.74 Å². The molecule has 1 aromatic heterocycles. The number of ether oxygens (including phenoxy) is 1. The van der Waals surface area contributed by atoms with E-state index in [0.29, 0.717) is 13.2 Å². The van der Waals surface area contributed by atoms with Crippen molar-refractivity contribution in [1.82, 2.24) is 4.98 Å². The standard InChI is InChI=1S/C15H19N3O/c1-11-4-3-5-14-13(11)8-15(18-14)12(9-16)10-17-6-7-19-2/h3-5,8-10,18H,6-7,16H2,1-2H3. The van der Waals surface area contributed by atoms with Gasteiger partial charge < -0.3 is 15.5 Å². The summed E-state index contributed by atoms with van der Waals surface area (Å²) in [6, 6.07) is 8.29. The van der Waals surface area contributed by atoms with Gasteiger partial charge in [0, 0.05) is 41.7 Å². The first-order chi connectivity index (χ1) is 9.26. The highest BCUT2D eigenvalue weighted by molar-refractivity contribution is 6.10. The number of aromatic nitrogens is 1. The van der Waals surface area contributed by atoms with Gasteiger partial charge in [-0.15, -0.1) is 0 Å². The van der Waals surface area contributed by atoms with Crippen molar-refractivity contribution in [2.24, 2.45) is 10.7 Å². The normalized spacial score (nSPS) is 12.6. The Labute approximate surface area is 113 Å². The first kappa shape index (κ1) is 13.4. The zero-order valence-corrected chi connectivity index (χ0v) is 11.3. The first-order valence-electron chi connectivity index (χ1n) is 6.25. The van der Waals surface area contributed by atoms with Gasteiger partial charge >= 0.3 is 0 Å². The molecule has 0 saturated carbocycles. The zero-order chi connectivity index (χ0) is 13.7. The van der Waals surface area contributed by atoms with Crippen molar-refractivity contribution < 1.29 is 4.74 Å². The number of hydrogen-bond donors (Lipinski definition) is 2. The minimum absolute atomic E-state index is 0.611. The number of rotatable bonds is 5. The molecule has 0 saturated heterocycles. The fraction of sp³-hybridized carbons (Fsp3) is 0.267. The molecule has 0 bridgehead atoms. The molecule has 0 radical (unpaired) electrons. The van der Waals surface area contributed by atoms with E-state index >= 15 is 0 Å². The Morgan fingerprint density at radius 1 is 1.47 bits per heavy atom. The Morgan fingerprint density at radius 2 is 2.32 bits per heavy atom. The number of nitrogens with one attached hydrogen (secondary N) is 1. The predicted molar refractivity (Wildman–Crippen MR) is 80.4 cm³/mol. The van der Waals surface area contributed by atoms with Gasteiger partial charge in [0.2, 0.25) is 0 Å². The molecule has 0 fully saturated rings. The lowest BCUT2D eigenvalue weighted by Crippen LogP contribution is -1.96. The van der Waals surface area contributed by atoms with Crippen LogP contribution in [0.15, 0.2) is 35.5 Å². The van der Waals surface area contributed by atoms with Gasteiger partial charge in [-0.1, -0.05) is 12.1 Å². The molecule has 3 N–H and O–H groups in total. The lowest BCUT2D eigenvalue weighted by atomic mass is 10.1. The number of aliphatic imine (C=N–C) groups is 1. The number of allylic oxidation sites excluding steroid dienone is 1. The highest BCUT2D eigenvalue weighted by Gasteiger charge is 2.05. The quantitative estimate of drug-likeness (QED) is 0.638. The maximum atomic E-state index is 5.67. The molecule has 4 heteroatoms. The van der Waals surface area contributed by atoms with Gasteiger partial charge in [0.25, 0.3) is 0 Å². The molecule has 2 rings (SSSR count). The van der Waals surface area contributed by atoms with Gasteiger partial charge in [0.15, 0.2) is 0 Å². The third-order valence-corrected chi connectivity index (χ3v) is 3.03. The van der Waals surface area contributed by atoms with Crippen LogP contribution in [0.2, 0.25) is 0 Å². The number of nitrogens with two attached hydrogens (primary N) is 1. The lowest BCUT2D eigenvalue weighted by molar-refractivity contribution is 0.208. The van der Waals surface area contributed by atoms with E-state index in [2.05, 4.69) is 35.1 Å². The SMILES string of the molecule is COCCN=CC(=CN)c1cc2c(C)cccc2[nH]1. The van der Waals surface area contributed by atoms with E-state index < -0.39 is 0 Å². The molecule has 1 aromatic carbocycles. The van der Waals surface area contributed by atoms with E-state index in [1.165, 1.54) is 10.9 Å². The summed E-state index contributed by atoms with van der Waals surface area (Å²) in [5, 5.41) is 1.21. The van der Waals surface area contributed by atoms with Crippen molar-refractivity contribution in [2.75, 3.05) is 20.3 Å². The van der Waals surface area contributed by atoms with Gasteiger partial charge in [0.1, 0.15) is 0 Å². The second kappa shape index (κ2) is 6.20. The zero-order valence-electron chi connectivity index (χ0n) is 11.3. The van der Waals surface area contributed by atoms with Gasteiger partial charge in [-0.05, 0) is 24.6 Å². The van der Waals surface area contributed by atoms with Crippen molar-refractivity contribution in [2.45, 2.75) is 6.92 Å². The van der Waals surface area contributed by atoms with Crippen LogP contribution in [-0.4, -0.2) is 31.5 Å². The summed E-state index contributed by atoms with van der Waals surface area (Å²) in [7, 11) is 1.66. The van der Waals surface area contributed by atoms with Crippen molar-refractivity contribution in [3.05, 3.63) is 41.7 Å². The molecule has 19 heavy (non-hydrogen) atoms. The number of methoxy groups -OCH3 is 1. The Kier molecular flexibility index (Phi) is 4.36. The maximum absolute atomic E-state index is 5.67. The Bertz CT molecular complexity index is 611. The van der Waals surface area contributed by atoms with E-state index in [9.17, 15) is 0 Å². The Hall–Kier alpha value is -2.07. The molecule has 0 unspecified atom stereocenters. The van der Waals surface area contributed by atoms with Gasteiger partial charge in [-0.2, -0.15) is 0 Å². The summed E-state index contributed by atoms with van der Waals surface area (Å²) in [4.78, 5) is 7.64. The van der Waals surface area contributed by atoms with E-state index in [4.69, 9.17) is 10.5 Å². The van der Waals surface area contributed by atoms with Crippen LogP contribution < -0.4 is 5.73 Å². The molecule has 0 aliphatic rings. The van der Waals surface area contributed by atoms with E-state index in [1.807, 2.05) is 6.07 Å².